The largest absolute Gasteiger partial charge is 0.492 e. The number of nitrogens with zero attached hydrogens (tertiary/aromatic N) is 4. The van der Waals surface area contributed by atoms with Crippen molar-refractivity contribution in [3.8, 4) is 5.75 Å². The third-order valence-electron chi connectivity index (χ3n) is 5.39. The van der Waals surface area contributed by atoms with Gasteiger partial charge in [-0.1, -0.05) is 0 Å². The van der Waals surface area contributed by atoms with Crippen LogP contribution in [-0.4, -0.2) is 51.7 Å². The summed E-state index contributed by atoms with van der Waals surface area (Å²) in [5.41, 5.74) is -0.341. The number of hydrogen-bond acceptors (Lipinski definition) is 7. The summed E-state index contributed by atoms with van der Waals surface area (Å²) in [6.07, 6.45) is 0.336. The molecule has 1 aliphatic carbocycles. The molecule has 0 bridgehead atoms. The molecular weight excluding hydrogens is 455 g/mol. The van der Waals surface area contributed by atoms with E-state index in [0.717, 1.165) is 32.3 Å². The molecule has 34 heavy (non-hydrogen) atoms. The van der Waals surface area contributed by atoms with Gasteiger partial charge >= 0.3 is 6.18 Å². The van der Waals surface area contributed by atoms with Gasteiger partial charge in [-0.05, 0) is 19.8 Å². The number of hydrogen-bond donors (Lipinski definition) is 3. The quantitative estimate of drug-likeness (QED) is 0.474. The molecule has 1 unspecified atom stereocenters. The van der Waals surface area contributed by atoms with Crippen molar-refractivity contribution in [3.05, 3.63) is 36.0 Å². The highest BCUT2D eigenvalue weighted by molar-refractivity contribution is 6.02. The molecule has 1 fully saturated rings. The number of carbonyl (C=O) groups is 2. The van der Waals surface area contributed by atoms with Crippen molar-refractivity contribution >= 4 is 34.5 Å². The normalized spacial score (nSPS) is 16.2. The minimum Gasteiger partial charge on any atom is -0.492 e. The molecule has 3 N–H and O–H groups in total. The zero-order valence-corrected chi connectivity index (χ0v) is 18.0. The van der Waals surface area contributed by atoms with Crippen LogP contribution >= 0.6 is 0 Å². The second-order valence-electron chi connectivity index (χ2n) is 7.74. The number of fused-ring (bicyclic) bond motifs is 1. The Bertz CT molecular complexity index is 1360. The SMILES string of the molecule is [2H]C([2H])([2H])NC(=O)c1cnc(NC(=O)C2CC2)cc1Nc1cnn2cnc(C(C)C(F)(F)F)c(OC)c12. The predicted octanol–water partition coefficient (Wildman–Crippen LogP) is 3.25. The Morgan fingerprint density at radius 1 is 1.26 bits per heavy atom. The van der Waals surface area contributed by atoms with Crippen LogP contribution in [0.5, 0.6) is 5.75 Å². The molecule has 180 valence electrons. The van der Waals surface area contributed by atoms with Crippen molar-refractivity contribution in [3.63, 3.8) is 0 Å². The van der Waals surface area contributed by atoms with E-state index in [2.05, 4.69) is 25.7 Å². The van der Waals surface area contributed by atoms with Crippen LogP contribution in [-0.2, 0) is 4.79 Å². The zero-order chi connectivity index (χ0) is 27.1. The van der Waals surface area contributed by atoms with E-state index in [0.29, 0.717) is 0 Å². The van der Waals surface area contributed by atoms with Gasteiger partial charge in [-0.3, -0.25) is 9.59 Å². The molecule has 1 aliphatic rings. The van der Waals surface area contributed by atoms with Crippen molar-refractivity contribution in [2.75, 3.05) is 24.7 Å². The highest BCUT2D eigenvalue weighted by atomic mass is 19.4. The van der Waals surface area contributed by atoms with Gasteiger partial charge in [-0.2, -0.15) is 18.3 Å². The van der Waals surface area contributed by atoms with Crippen LogP contribution in [0.2, 0.25) is 0 Å². The van der Waals surface area contributed by atoms with Crippen molar-refractivity contribution < 1.29 is 31.6 Å². The number of anilines is 3. The van der Waals surface area contributed by atoms with Gasteiger partial charge in [0.2, 0.25) is 5.91 Å². The number of alkyl halides is 3. The first-order valence-corrected chi connectivity index (χ1v) is 10.2. The third kappa shape index (κ3) is 4.45. The van der Waals surface area contributed by atoms with Crippen molar-refractivity contribution in [1.82, 2.24) is 24.9 Å². The summed E-state index contributed by atoms with van der Waals surface area (Å²) in [4.78, 5) is 32.8. The van der Waals surface area contributed by atoms with Gasteiger partial charge in [0.05, 0.1) is 41.9 Å². The molecule has 3 aromatic rings. The Kier molecular flexibility index (Phi) is 5.06. The Morgan fingerprint density at radius 2 is 2.03 bits per heavy atom. The van der Waals surface area contributed by atoms with Crippen LogP contribution < -0.4 is 20.7 Å². The monoisotopic (exact) mass is 480 g/mol. The number of nitrogens with one attached hydrogen (secondary N) is 3. The summed E-state index contributed by atoms with van der Waals surface area (Å²) in [5.74, 6) is -3.46. The van der Waals surface area contributed by atoms with Gasteiger partial charge in [0.25, 0.3) is 5.91 Å². The Balaban J connectivity index is 1.78. The van der Waals surface area contributed by atoms with Crippen LogP contribution in [0.3, 0.4) is 0 Å². The van der Waals surface area contributed by atoms with Crippen molar-refractivity contribution in [2.45, 2.75) is 31.9 Å². The smallest absolute Gasteiger partial charge is 0.397 e. The fourth-order valence-corrected chi connectivity index (χ4v) is 3.32. The maximum absolute atomic E-state index is 13.4. The van der Waals surface area contributed by atoms with Crippen LogP contribution in [0.15, 0.2) is 24.8 Å². The second-order valence-corrected chi connectivity index (χ2v) is 7.74. The first-order valence-electron chi connectivity index (χ1n) is 11.7. The number of methoxy groups -OCH3 is 1. The molecule has 0 radical (unpaired) electrons. The lowest BCUT2D eigenvalue weighted by molar-refractivity contribution is -0.147. The number of pyridine rings is 1. The first-order chi connectivity index (χ1) is 17.3. The third-order valence-corrected chi connectivity index (χ3v) is 5.39. The lowest BCUT2D eigenvalue weighted by atomic mass is 10.1. The lowest BCUT2D eigenvalue weighted by Gasteiger charge is -2.19. The molecule has 3 heterocycles. The number of amides is 2. The number of halogens is 3. The van der Waals surface area contributed by atoms with Gasteiger partial charge in [-0.25, -0.2) is 14.5 Å². The van der Waals surface area contributed by atoms with Gasteiger partial charge in [0.1, 0.15) is 17.7 Å². The molecule has 0 aliphatic heterocycles. The van der Waals surface area contributed by atoms with E-state index in [9.17, 15) is 22.8 Å². The van der Waals surface area contributed by atoms with Gasteiger partial charge in [0.15, 0.2) is 5.75 Å². The molecule has 0 saturated heterocycles. The zero-order valence-electron chi connectivity index (χ0n) is 21.0. The topological polar surface area (TPSA) is 123 Å². The van der Waals surface area contributed by atoms with E-state index in [1.165, 1.54) is 23.9 Å². The molecule has 0 aromatic carbocycles. The van der Waals surface area contributed by atoms with E-state index < -0.39 is 25.0 Å². The van der Waals surface area contributed by atoms with Crippen LogP contribution in [0, 0.1) is 5.92 Å². The molecule has 2 amide bonds. The van der Waals surface area contributed by atoms with Crippen LogP contribution in [0.25, 0.3) is 5.52 Å². The minimum absolute atomic E-state index is 0.0158. The molecule has 10 nitrogen and oxygen atoms in total. The molecule has 3 aromatic heterocycles. The summed E-state index contributed by atoms with van der Waals surface area (Å²) < 4.78 is 68.8. The van der Waals surface area contributed by atoms with E-state index in [1.807, 2.05) is 5.32 Å². The van der Waals surface area contributed by atoms with Crippen LogP contribution in [0.4, 0.5) is 30.4 Å². The number of carbonyl (C=O) groups excluding carboxylic acids is 2. The van der Waals surface area contributed by atoms with E-state index in [1.54, 1.807) is 0 Å². The summed E-state index contributed by atoms with van der Waals surface area (Å²) in [5, 5.41) is 11.5. The Morgan fingerprint density at radius 3 is 2.68 bits per heavy atom. The van der Waals surface area contributed by atoms with E-state index in [-0.39, 0.29) is 51.5 Å². The molecule has 1 saturated carbocycles. The summed E-state index contributed by atoms with van der Waals surface area (Å²) in [6.45, 7) is -1.85. The minimum atomic E-state index is -4.59. The van der Waals surface area contributed by atoms with Gasteiger partial charge in [0, 0.05) is 29.3 Å². The highest BCUT2D eigenvalue weighted by Crippen LogP contribution is 2.41. The Labute approximate surface area is 196 Å². The maximum atomic E-state index is 13.4. The van der Waals surface area contributed by atoms with E-state index >= 15 is 0 Å². The molecular formula is C21H22F3N7O3. The average molecular weight is 480 g/mol. The molecule has 4 rings (SSSR count). The van der Waals surface area contributed by atoms with Crippen molar-refractivity contribution in [1.29, 1.82) is 0 Å². The summed E-state index contributed by atoms with van der Waals surface area (Å²) in [6, 6.07) is 1.31. The Hall–Kier alpha value is -3.90. The van der Waals surface area contributed by atoms with Gasteiger partial charge in [-0.15, -0.1) is 0 Å². The van der Waals surface area contributed by atoms with Gasteiger partial charge < -0.3 is 20.7 Å². The lowest BCUT2D eigenvalue weighted by Crippen LogP contribution is -2.21. The molecule has 0 spiro atoms. The number of ether oxygens (including phenoxy) is 1. The average Bonchev–Trinajstić information content (AvgIpc) is 3.58. The second kappa shape index (κ2) is 8.80. The van der Waals surface area contributed by atoms with E-state index in [4.69, 9.17) is 8.85 Å². The van der Waals surface area contributed by atoms with Crippen LogP contribution in [0.1, 0.15) is 45.8 Å². The standard InChI is InChI=1S/C21H22F3N7O3/c1-10(21(22,23)24)16-18(34-3)17-14(8-28-31(17)9-27-16)29-13-6-15(30-19(32)11-4-5-11)26-7-12(13)20(33)25-2/h6-11H,4-5H2,1-3H3,(H,25,33)(H2,26,29,30,32)/i2D3. The fraction of sp³-hybridized carbons (Fsp3) is 0.381. The maximum Gasteiger partial charge on any atom is 0.397 e. The molecule has 1 atom stereocenters. The first kappa shape index (κ1) is 19.6. The fourth-order valence-electron chi connectivity index (χ4n) is 3.32. The number of rotatable bonds is 7. The summed E-state index contributed by atoms with van der Waals surface area (Å²) >= 11 is 0. The number of aromatic nitrogens is 4. The predicted molar refractivity (Wildman–Crippen MR) is 116 cm³/mol. The molecule has 13 heteroatoms. The summed E-state index contributed by atoms with van der Waals surface area (Å²) in [7, 11) is 1.19. The van der Waals surface area contributed by atoms with Crippen molar-refractivity contribution in [2.24, 2.45) is 5.92 Å². The highest BCUT2D eigenvalue weighted by Gasteiger charge is 2.40.